The number of carbonyl (C=O) groups is 1. The number of anilines is 1. The minimum absolute atomic E-state index is 0.0392. The summed E-state index contributed by atoms with van der Waals surface area (Å²) in [4.78, 5) is 25.6. The third-order valence-corrected chi connectivity index (χ3v) is 6.63. The summed E-state index contributed by atoms with van der Waals surface area (Å²) in [6.07, 6.45) is 0. The molecule has 0 fully saturated rings. The molecule has 0 saturated carbocycles. The van der Waals surface area contributed by atoms with Crippen LogP contribution in [0.2, 0.25) is 0 Å². The van der Waals surface area contributed by atoms with Crippen LogP contribution in [0.15, 0.2) is 47.4 Å². The van der Waals surface area contributed by atoms with Crippen molar-refractivity contribution < 1.29 is 18.1 Å². The number of nitrogens with one attached hydrogen (secondary N) is 1. The van der Waals surface area contributed by atoms with Gasteiger partial charge in [-0.05, 0) is 31.5 Å². The molecule has 1 N–H and O–H groups in total. The molecule has 0 spiro atoms. The van der Waals surface area contributed by atoms with Gasteiger partial charge in [-0.15, -0.1) is 0 Å². The van der Waals surface area contributed by atoms with Gasteiger partial charge in [-0.3, -0.25) is 14.9 Å². The van der Waals surface area contributed by atoms with Crippen molar-refractivity contribution in [3.63, 3.8) is 0 Å². The van der Waals surface area contributed by atoms with Crippen LogP contribution in [0.1, 0.15) is 29.8 Å². The van der Waals surface area contributed by atoms with E-state index in [2.05, 4.69) is 5.32 Å². The van der Waals surface area contributed by atoms with Crippen LogP contribution in [0.5, 0.6) is 0 Å². The smallest absolute Gasteiger partial charge is 0.270 e. The van der Waals surface area contributed by atoms with E-state index in [0.29, 0.717) is 24.3 Å². The highest BCUT2D eigenvalue weighted by atomic mass is 32.2. The number of nitrogens with zero attached hydrogens (tertiary/aromatic N) is 3. The largest absolute Gasteiger partial charge is 0.371 e. The molecule has 0 unspecified atom stereocenters. The molecule has 2 aromatic rings. The summed E-state index contributed by atoms with van der Waals surface area (Å²) in [7, 11) is -0.814. The maximum atomic E-state index is 12.9. The Morgan fingerprint density at radius 1 is 1.10 bits per heavy atom. The number of hydrogen-bond donors (Lipinski definition) is 1. The van der Waals surface area contributed by atoms with Crippen LogP contribution in [0.3, 0.4) is 0 Å². The first-order valence-corrected chi connectivity index (χ1v) is 10.9. The van der Waals surface area contributed by atoms with E-state index in [0.717, 1.165) is 4.31 Å². The van der Waals surface area contributed by atoms with E-state index < -0.39 is 20.9 Å². The van der Waals surface area contributed by atoms with E-state index in [-0.39, 0.29) is 22.7 Å². The van der Waals surface area contributed by atoms with Crippen LogP contribution < -0.4 is 10.2 Å². The summed E-state index contributed by atoms with van der Waals surface area (Å²) in [6.45, 7) is 5.06. The summed E-state index contributed by atoms with van der Waals surface area (Å²) in [5.74, 6) is -0.516. The van der Waals surface area contributed by atoms with Gasteiger partial charge in [0.2, 0.25) is 10.0 Å². The third kappa shape index (κ3) is 4.95. The second kappa shape index (κ2) is 9.68. The molecule has 10 heteroatoms. The first-order chi connectivity index (χ1) is 14.1. The summed E-state index contributed by atoms with van der Waals surface area (Å²) in [6, 6.07) is 10.6. The molecule has 0 aliphatic rings. The molecule has 0 saturated heterocycles. The Bertz CT molecular complexity index is 1030. The maximum Gasteiger partial charge on any atom is 0.270 e. The molecule has 0 bridgehead atoms. The van der Waals surface area contributed by atoms with Crippen molar-refractivity contribution in [2.45, 2.75) is 25.3 Å². The molecule has 0 aliphatic heterocycles. The number of carbonyl (C=O) groups excluding carboxylic acids is 1. The SMILES string of the molecule is CCN(CC)c1ccc([N+](=O)[O-])cc1C(=O)NCc1ccccc1S(=O)(=O)N(C)C. The lowest BCUT2D eigenvalue weighted by molar-refractivity contribution is -0.384. The number of hydrogen-bond acceptors (Lipinski definition) is 6. The van der Waals surface area contributed by atoms with Crippen LogP contribution in [-0.2, 0) is 16.6 Å². The molecule has 0 aliphatic carbocycles. The number of sulfonamides is 1. The Labute approximate surface area is 176 Å². The monoisotopic (exact) mass is 434 g/mol. The van der Waals surface area contributed by atoms with E-state index in [1.807, 2.05) is 18.7 Å². The molecule has 2 rings (SSSR count). The van der Waals surface area contributed by atoms with Crippen LogP contribution >= 0.6 is 0 Å². The summed E-state index contributed by atoms with van der Waals surface area (Å²) in [5.41, 5.74) is 0.985. The third-order valence-electron chi connectivity index (χ3n) is 4.71. The van der Waals surface area contributed by atoms with E-state index in [1.165, 1.54) is 32.3 Å². The van der Waals surface area contributed by atoms with Crippen LogP contribution in [0.4, 0.5) is 11.4 Å². The lowest BCUT2D eigenvalue weighted by Gasteiger charge is -2.23. The van der Waals surface area contributed by atoms with Crippen molar-refractivity contribution in [1.82, 2.24) is 9.62 Å². The van der Waals surface area contributed by atoms with E-state index in [4.69, 9.17) is 0 Å². The van der Waals surface area contributed by atoms with Crippen molar-refractivity contribution >= 4 is 27.3 Å². The first kappa shape index (κ1) is 23.3. The average molecular weight is 435 g/mol. The second-order valence-corrected chi connectivity index (χ2v) is 8.83. The maximum absolute atomic E-state index is 12.9. The van der Waals surface area contributed by atoms with Crippen LogP contribution in [-0.4, -0.2) is 50.7 Å². The van der Waals surface area contributed by atoms with E-state index in [1.54, 1.807) is 24.3 Å². The van der Waals surface area contributed by atoms with E-state index in [9.17, 15) is 23.3 Å². The van der Waals surface area contributed by atoms with Crippen LogP contribution in [0, 0.1) is 10.1 Å². The standard InChI is InChI=1S/C20H26N4O5S/c1-5-23(6-2)18-12-11-16(24(26)27)13-17(18)20(25)21-14-15-9-7-8-10-19(15)30(28,29)22(3)4/h7-13H,5-6,14H2,1-4H3,(H,21,25). The number of rotatable bonds is 9. The Hall–Kier alpha value is -2.98. The Morgan fingerprint density at radius 3 is 2.30 bits per heavy atom. The zero-order valence-corrected chi connectivity index (χ0v) is 18.3. The number of nitro benzene ring substituents is 1. The summed E-state index contributed by atoms with van der Waals surface area (Å²) < 4.78 is 26.2. The molecule has 0 atom stereocenters. The molecule has 1 amide bonds. The molecule has 0 heterocycles. The van der Waals surface area contributed by atoms with Gasteiger partial charge < -0.3 is 10.2 Å². The minimum Gasteiger partial charge on any atom is -0.371 e. The molecule has 162 valence electrons. The van der Waals surface area contributed by atoms with Gasteiger partial charge in [0, 0.05) is 51.5 Å². The average Bonchev–Trinajstić information content (AvgIpc) is 2.73. The van der Waals surface area contributed by atoms with Gasteiger partial charge >= 0.3 is 0 Å². The van der Waals surface area contributed by atoms with Gasteiger partial charge in [-0.25, -0.2) is 12.7 Å². The molecular weight excluding hydrogens is 408 g/mol. The highest BCUT2D eigenvalue weighted by Gasteiger charge is 2.23. The van der Waals surface area contributed by atoms with Gasteiger partial charge in [0.15, 0.2) is 0 Å². The highest BCUT2D eigenvalue weighted by molar-refractivity contribution is 7.89. The molecule has 0 radical (unpaired) electrons. The predicted molar refractivity (Wildman–Crippen MR) is 115 cm³/mol. The van der Waals surface area contributed by atoms with Crippen LogP contribution in [0.25, 0.3) is 0 Å². The molecule has 9 nitrogen and oxygen atoms in total. The van der Waals surface area contributed by atoms with Crippen molar-refractivity contribution in [2.24, 2.45) is 0 Å². The molecule has 0 aromatic heterocycles. The van der Waals surface area contributed by atoms with Gasteiger partial charge in [-0.2, -0.15) is 0 Å². The summed E-state index contributed by atoms with van der Waals surface area (Å²) >= 11 is 0. The molecular formula is C20H26N4O5S. The van der Waals surface area contributed by atoms with E-state index >= 15 is 0 Å². The lowest BCUT2D eigenvalue weighted by atomic mass is 10.1. The fourth-order valence-electron chi connectivity index (χ4n) is 3.03. The predicted octanol–water partition coefficient (Wildman–Crippen LogP) is 2.62. The van der Waals surface area contributed by atoms with Gasteiger partial charge in [0.05, 0.1) is 15.4 Å². The number of benzene rings is 2. The normalized spacial score (nSPS) is 11.4. The van der Waals surface area contributed by atoms with Gasteiger partial charge in [-0.1, -0.05) is 18.2 Å². The number of amides is 1. The lowest BCUT2D eigenvalue weighted by Crippen LogP contribution is -2.30. The zero-order valence-electron chi connectivity index (χ0n) is 17.5. The topological polar surface area (TPSA) is 113 Å². The quantitative estimate of drug-likeness (QED) is 0.479. The van der Waals surface area contributed by atoms with Crippen molar-refractivity contribution in [3.05, 3.63) is 63.7 Å². The molecule has 30 heavy (non-hydrogen) atoms. The van der Waals surface area contributed by atoms with Gasteiger partial charge in [0.1, 0.15) is 0 Å². The fourth-order valence-corrected chi connectivity index (χ4v) is 4.14. The fraction of sp³-hybridized carbons (Fsp3) is 0.350. The zero-order chi connectivity index (χ0) is 22.5. The minimum atomic E-state index is -3.68. The first-order valence-electron chi connectivity index (χ1n) is 9.45. The highest BCUT2D eigenvalue weighted by Crippen LogP contribution is 2.26. The Kier molecular flexibility index (Phi) is 7.52. The second-order valence-electron chi connectivity index (χ2n) is 6.71. The Balaban J connectivity index is 2.38. The Morgan fingerprint density at radius 2 is 1.73 bits per heavy atom. The number of nitro groups is 1. The van der Waals surface area contributed by atoms with Gasteiger partial charge in [0.25, 0.3) is 11.6 Å². The van der Waals surface area contributed by atoms with Crippen molar-refractivity contribution in [3.8, 4) is 0 Å². The molecule has 2 aromatic carbocycles. The van der Waals surface area contributed by atoms with Crippen molar-refractivity contribution in [2.75, 3.05) is 32.1 Å². The number of non-ortho nitro benzene ring substituents is 1. The summed E-state index contributed by atoms with van der Waals surface area (Å²) in [5, 5.41) is 13.9. The van der Waals surface area contributed by atoms with Crippen molar-refractivity contribution in [1.29, 1.82) is 0 Å².